The molecule has 5 heteroatoms. The molecule has 1 amide bonds. The number of amides is 1. The molecule has 140 valence electrons. The molecule has 3 aromatic carbocycles. The second kappa shape index (κ2) is 7.19. The van der Waals surface area contributed by atoms with Gasteiger partial charge in [-0.15, -0.1) is 0 Å². The summed E-state index contributed by atoms with van der Waals surface area (Å²) in [4.78, 5) is 24.8. The molecule has 4 rings (SSSR count). The first kappa shape index (κ1) is 17.8. The van der Waals surface area contributed by atoms with Gasteiger partial charge < -0.3 is 14.5 Å². The summed E-state index contributed by atoms with van der Waals surface area (Å²) in [6.07, 6.45) is 0. The van der Waals surface area contributed by atoms with Gasteiger partial charge in [-0.25, -0.2) is 0 Å². The third kappa shape index (κ3) is 3.34. The van der Waals surface area contributed by atoms with Gasteiger partial charge in [0.1, 0.15) is 16.9 Å². The van der Waals surface area contributed by atoms with E-state index in [2.05, 4.69) is 5.32 Å². The third-order valence-electron chi connectivity index (χ3n) is 4.78. The summed E-state index contributed by atoms with van der Waals surface area (Å²) in [5.41, 5.74) is 3.51. The SMILES string of the molecule is Cc1cccc(OCC(=O)Nc2ccc3c(=O)c4ccccc4oc3c2)c1C. The number of fused-ring (bicyclic) bond motifs is 2. The molecule has 1 N–H and O–H groups in total. The Morgan fingerprint density at radius 3 is 2.61 bits per heavy atom. The molecule has 28 heavy (non-hydrogen) atoms. The molecule has 1 heterocycles. The maximum atomic E-state index is 12.6. The number of benzene rings is 3. The van der Waals surface area contributed by atoms with Gasteiger partial charge in [-0.05, 0) is 55.3 Å². The second-order valence-electron chi connectivity index (χ2n) is 6.67. The quantitative estimate of drug-likeness (QED) is 0.532. The number of hydrogen-bond donors (Lipinski definition) is 1. The number of anilines is 1. The fourth-order valence-electron chi connectivity index (χ4n) is 3.10. The summed E-state index contributed by atoms with van der Waals surface area (Å²) in [5, 5.41) is 3.79. The zero-order valence-corrected chi connectivity index (χ0v) is 15.6. The van der Waals surface area contributed by atoms with Crippen LogP contribution in [0.3, 0.4) is 0 Å². The van der Waals surface area contributed by atoms with Crippen molar-refractivity contribution >= 4 is 33.5 Å². The Kier molecular flexibility index (Phi) is 4.57. The highest BCUT2D eigenvalue weighted by Crippen LogP contribution is 2.22. The van der Waals surface area contributed by atoms with E-state index in [1.165, 1.54) is 0 Å². The van der Waals surface area contributed by atoms with Crippen LogP contribution >= 0.6 is 0 Å². The first-order valence-corrected chi connectivity index (χ1v) is 8.97. The standard InChI is InChI=1S/C23H19NO4/c1-14-6-5-9-19(15(14)2)27-13-22(25)24-16-10-11-18-21(12-16)28-20-8-4-3-7-17(20)23(18)26/h3-12H,13H2,1-2H3,(H,24,25). The van der Waals surface area contributed by atoms with Gasteiger partial charge in [0.2, 0.25) is 5.43 Å². The van der Waals surface area contributed by atoms with Crippen molar-refractivity contribution in [1.82, 2.24) is 0 Å². The number of nitrogens with one attached hydrogen (secondary N) is 1. The number of carbonyl (C=O) groups excluding carboxylic acids is 1. The first-order valence-electron chi connectivity index (χ1n) is 8.97. The largest absolute Gasteiger partial charge is 0.483 e. The van der Waals surface area contributed by atoms with Gasteiger partial charge in [0.15, 0.2) is 6.61 Å². The van der Waals surface area contributed by atoms with Gasteiger partial charge in [-0.3, -0.25) is 9.59 Å². The summed E-state index contributed by atoms with van der Waals surface area (Å²) in [6.45, 7) is 3.84. The van der Waals surface area contributed by atoms with Crippen LogP contribution in [0.1, 0.15) is 11.1 Å². The molecule has 0 bridgehead atoms. The first-order chi connectivity index (χ1) is 13.5. The molecule has 0 atom stereocenters. The average Bonchev–Trinajstić information content (AvgIpc) is 2.69. The number of ether oxygens (including phenoxy) is 1. The van der Waals surface area contributed by atoms with E-state index in [1.54, 1.807) is 36.4 Å². The van der Waals surface area contributed by atoms with Crippen molar-refractivity contribution in [2.75, 3.05) is 11.9 Å². The van der Waals surface area contributed by atoms with Crippen molar-refractivity contribution in [3.8, 4) is 5.75 Å². The van der Waals surface area contributed by atoms with Crippen molar-refractivity contribution in [3.05, 3.63) is 82.0 Å². The number of aryl methyl sites for hydroxylation is 1. The Labute approximate surface area is 161 Å². The van der Waals surface area contributed by atoms with Gasteiger partial charge >= 0.3 is 0 Å². The predicted molar refractivity (Wildman–Crippen MR) is 110 cm³/mol. The van der Waals surface area contributed by atoms with E-state index in [4.69, 9.17) is 9.15 Å². The van der Waals surface area contributed by atoms with Crippen LogP contribution < -0.4 is 15.5 Å². The number of carbonyl (C=O) groups is 1. The van der Waals surface area contributed by atoms with Crippen LogP contribution in [0, 0.1) is 13.8 Å². The minimum Gasteiger partial charge on any atom is -0.483 e. The minimum atomic E-state index is -0.289. The molecule has 0 unspecified atom stereocenters. The number of rotatable bonds is 4. The lowest BCUT2D eigenvalue weighted by Crippen LogP contribution is -2.20. The molecule has 0 saturated heterocycles. The van der Waals surface area contributed by atoms with Crippen LogP contribution in [0.2, 0.25) is 0 Å². The monoisotopic (exact) mass is 373 g/mol. The van der Waals surface area contributed by atoms with Crippen molar-refractivity contribution in [2.45, 2.75) is 13.8 Å². The van der Waals surface area contributed by atoms with Crippen molar-refractivity contribution in [2.24, 2.45) is 0 Å². The topological polar surface area (TPSA) is 68.5 Å². The molecule has 0 radical (unpaired) electrons. The van der Waals surface area contributed by atoms with Gasteiger partial charge in [0.05, 0.1) is 10.8 Å². The highest BCUT2D eigenvalue weighted by Gasteiger charge is 2.10. The molecule has 0 fully saturated rings. The third-order valence-corrected chi connectivity index (χ3v) is 4.78. The van der Waals surface area contributed by atoms with E-state index in [-0.39, 0.29) is 17.9 Å². The maximum Gasteiger partial charge on any atom is 0.262 e. The van der Waals surface area contributed by atoms with E-state index in [0.717, 1.165) is 11.1 Å². The molecule has 5 nitrogen and oxygen atoms in total. The van der Waals surface area contributed by atoms with Crippen molar-refractivity contribution in [1.29, 1.82) is 0 Å². The summed E-state index contributed by atoms with van der Waals surface area (Å²) < 4.78 is 11.5. The van der Waals surface area contributed by atoms with E-state index in [9.17, 15) is 9.59 Å². The van der Waals surface area contributed by atoms with Gasteiger partial charge in [0, 0.05) is 11.8 Å². The number of para-hydroxylation sites is 1. The van der Waals surface area contributed by atoms with E-state index in [0.29, 0.717) is 33.4 Å². The van der Waals surface area contributed by atoms with E-state index >= 15 is 0 Å². The predicted octanol–water partition coefficient (Wildman–Crippen LogP) is 4.58. The van der Waals surface area contributed by atoms with Gasteiger partial charge in [-0.2, -0.15) is 0 Å². The Balaban J connectivity index is 1.54. The lowest BCUT2D eigenvalue weighted by molar-refractivity contribution is -0.118. The van der Waals surface area contributed by atoms with Gasteiger partial charge in [-0.1, -0.05) is 24.3 Å². The highest BCUT2D eigenvalue weighted by atomic mass is 16.5. The fourth-order valence-corrected chi connectivity index (χ4v) is 3.10. The molecular formula is C23H19NO4. The van der Waals surface area contributed by atoms with Crippen LogP contribution in [0.25, 0.3) is 21.9 Å². The summed E-state index contributed by atoms with van der Waals surface area (Å²) in [6, 6.07) is 17.8. The second-order valence-corrected chi connectivity index (χ2v) is 6.67. The molecule has 0 aliphatic rings. The fraction of sp³-hybridized carbons (Fsp3) is 0.130. The van der Waals surface area contributed by atoms with Crippen LogP contribution in [-0.2, 0) is 4.79 Å². The Morgan fingerprint density at radius 2 is 1.75 bits per heavy atom. The van der Waals surface area contributed by atoms with E-state index in [1.807, 2.05) is 38.1 Å². The van der Waals surface area contributed by atoms with Crippen LogP contribution in [-0.4, -0.2) is 12.5 Å². The van der Waals surface area contributed by atoms with Crippen LogP contribution in [0.4, 0.5) is 5.69 Å². The molecule has 0 saturated carbocycles. The summed E-state index contributed by atoms with van der Waals surface area (Å²) in [5.74, 6) is 0.398. The van der Waals surface area contributed by atoms with Crippen molar-refractivity contribution in [3.63, 3.8) is 0 Å². The summed E-state index contributed by atoms with van der Waals surface area (Å²) in [7, 11) is 0. The smallest absolute Gasteiger partial charge is 0.262 e. The molecular weight excluding hydrogens is 354 g/mol. The molecule has 0 aliphatic carbocycles. The molecule has 0 aliphatic heterocycles. The highest BCUT2D eigenvalue weighted by molar-refractivity contribution is 5.96. The average molecular weight is 373 g/mol. The minimum absolute atomic E-state index is 0.0898. The zero-order valence-electron chi connectivity index (χ0n) is 15.6. The maximum absolute atomic E-state index is 12.6. The Hall–Kier alpha value is -3.60. The van der Waals surface area contributed by atoms with Crippen molar-refractivity contribution < 1.29 is 13.9 Å². The molecule has 4 aromatic rings. The normalized spacial score (nSPS) is 10.9. The van der Waals surface area contributed by atoms with Crippen LogP contribution in [0.5, 0.6) is 5.75 Å². The van der Waals surface area contributed by atoms with Crippen LogP contribution in [0.15, 0.2) is 69.9 Å². The lowest BCUT2D eigenvalue weighted by Gasteiger charge is -2.11. The number of hydrogen-bond acceptors (Lipinski definition) is 4. The summed E-state index contributed by atoms with van der Waals surface area (Å²) >= 11 is 0. The Morgan fingerprint density at radius 1 is 0.964 bits per heavy atom. The zero-order chi connectivity index (χ0) is 19.7. The molecule has 1 aromatic heterocycles. The van der Waals surface area contributed by atoms with E-state index < -0.39 is 0 Å². The molecule has 0 spiro atoms. The lowest BCUT2D eigenvalue weighted by atomic mass is 10.1. The van der Waals surface area contributed by atoms with Gasteiger partial charge in [0.25, 0.3) is 5.91 Å². The Bertz CT molecular complexity index is 1260.